The maximum Gasteiger partial charge on any atom is 0.316 e. The fraction of sp³-hybridized carbons (Fsp3) is 0.667. The Morgan fingerprint density at radius 1 is 1.31 bits per heavy atom. The molecule has 1 aliphatic heterocycles. The molecule has 4 heteroatoms. The van der Waals surface area contributed by atoms with Crippen LogP contribution in [0.15, 0.2) is 12.4 Å². The number of hydrogen-bond donors (Lipinski definition) is 0. The standard InChI is InChI=1S/C10H14N2O2.C2H6/c1-8-3-11-9(12-4-8)14-7-10(2)5-13-6-10;1-2/h3-4H,5-7H2,1-2H3;1-2H3. The fourth-order valence-corrected chi connectivity index (χ4v) is 1.23. The van der Waals surface area contributed by atoms with Crippen LogP contribution in [-0.2, 0) is 4.74 Å². The van der Waals surface area contributed by atoms with Crippen LogP contribution in [0.1, 0.15) is 26.3 Å². The van der Waals surface area contributed by atoms with Crippen LogP contribution in [0.4, 0.5) is 0 Å². The SMILES string of the molecule is CC.Cc1cnc(OCC2(C)COC2)nc1. The maximum absolute atomic E-state index is 5.47. The van der Waals surface area contributed by atoms with Gasteiger partial charge >= 0.3 is 6.01 Å². The van der Waals surface area contributed by atoms with Gasteiger partial charge in [-0.05, 0) is 12.5 Å². The molecule has 0 aliphatic carbocycles. The molecule has 1 saturated heterocycles. The summed E-state index contributed by atoms with van der Waals surface area (Å²) in [6.07, 6.45) is 3.50. The van der Waals surface area contributed by atoms with Gasteiger partial charge in [-0.1, -0.05) is 20.8 Å². The first-order valence-electron chi connectivity index (χ1n) is 5.67. The van der Waals surface area contributed by atoms with E-state index in [1.54, 1.807) is 12.4 Å². The number of ether oxygens (including phenoxy) is 2. The molecule has 1 aromatic heterocycles. The van der Waals surface area contributed by atoms with Gasteiger partial charge in [0.25, 0.3) is 0 Å². The Bertz CT molecular complexity index is 307. The highest BCUT2D eigenvalue weighted by molar-refractivity contribution is 5.04. The minimum Gasteiger partial charge on any atom is -0.463 e. The van der Waals surface area contributed by atoms with Crippen molar-refractivity contribution in [1.29, 1.82) is 0 Å². The zero-order valence-corrected chi connectivity index (χ0v) is 10.5. The van der Waals surface area contributed by atoms with Crippen molar-refractivity contribution in [1.82, 2.24) is 9.97 Å². The van der Waals surface area contributed by atoms with Gasteiger partial charge in [0.2, 0.25) is 0 Å². The first-order chi connectivity index (χ1) is 7.68. The third kappa shape index (κ3) is 3.45. The average Bonchev–Trinajstić information content (AvgIpc) is 2.29. The predicted octanol–water partition coefficient (Wildman–Crippen LogP) is 2.23. The lowest BCUT2D eigenvalue weighted by Gasteiger charge is -2.37. The van der Waals surface area contributed by atoms with Crippen molar-refractivity contribution in [2.45, 2.75) is 27.7 Å². The first-order valence-corrected chi connectivity index (χ1v) is 5.67. The summed E-state index contributed by atoms with van der Waals surface area (Å²) in [7, 11) is 0. The largest absolute Gasteiger partial charge is 0.463 e. The minimum atomic E-state index is 0.147. The van der Waals surface area contributed by atoms with E-state index < -0.39 is 0 Å². The maximum atomic E-state index is 5.47. The van der Waals surface area contributed by atoms with Crippen molar-refractivity contribution < 1.29 is 9.47 Å². The van der Waals surface area contributed by atoms with E-state index in [0.29, 0.717) is 12.6 Å². The van der Waals surface area contributed by atoms with Crippen molar-refractivity contribution >= 4 is 0 Å². The number of aryl methyl sites for hydroxylation is 1. The monoisotopic (exact) mass is 224 g/mol. The Hall–Kier alpha value is -1.16. The van der Waals surface area contributed by atoms with Crippen molar-refractivity contribution in [2.24, 2.45) is 5.41 Å². The van der Waals surface area contributed by atoms with Crippen molar-refractivity contribution in [2.75, 3.05) is 19.8 Å². The van der Waals surface area contributed by atoms with E-state index in [0.717, 1.165) is 18.8 Å². The van der Waals surface area contributed by atoms with Crippen LogP contribution in [0.3, 0.4) is 0 Å². The summed E-state index contributed by atoms with van der Waals surface area (Å²) >= 11 is 0. The lowest BCUT2D eigenvalue weighted by molar-refractivity contribution is -0.121. The van der Waals surface area contributed by atoms with E-state index in [1.807, 2.05) is 20.8 Å². The molecular formula is C12H20N2O2. The Morgan fingerprint density at radius 3 is 2.31 bits per heavy atom. The van der Waals surface area contributed by atoms with Crippen LogP contribution >= 0.6 is 0 Å². The summed E-state index contributed by atoms with van der Waals surface area (Å²) in [5.74, 6) is 0. The summed E-state index contributed by atoms with van der Waals surface area (Å²) in [5.41, 5.74) is 1.18. The molecule has 0 spiro atoms. The number of nitrogens with zero attached hydrogens (tertiary/aromatic N) is 2. The first kappa shape index (κ1) is 12.9. The smallest absolute Gasteiger partial charge is 0.316 e. The highest BCUT2D eigenvalue weighted by atomic mass is 16.5. The molecule has 0 amide bonds. The highest BCUT2D eigenvalue weighted by Crippen LogP contribution is 2.26. The van der Waals surface area contributed by atoms with E-state index >= 15 is 0 Å². The molecule has 2 heterocycles. The van der Waals surface area contributed by atoms with Gasteiger partial charge in [0.15, 0.2) is 0 Å². The topological polar surface area (TPSA) is 44.2 Å². The summed E-state index contributed by atoms with van der Waals surface area (Å²) in [6.45, 7) is 10.2. The summed E-state index contributed by atoms with van der Waals surface area (Å²) < 4.78 is 10.6. The van der Waals surface area contributed by atoms with Crippen LogP contribution < -0.4 is 4.74 Å². The molecule has 16 heavy (non-hydrogen) atoms. The molecule has 90 valence electrons. The lowest BCUT2D eigenvalue weighted by atomic mass is 9.90. The molecule has 0 radical (unpaired) electrons. The Balaban J connectivity index is 0.000000606. The fourth-order valence-electron chi connectivity index (χ4n) is 1.23. The number of aromatic nitrogens is 2. The molecule has 0 saturated carbocycles. The summed E-state index contributed by atoms with van der Waals surface area (Å²) in [5, 5.41) is 0. The Kier molecular flexibility index (Phi) is 4.68. The minimum absolute atomic E-state index is 0.147. The molecule has 0 bridgehead atoms. The summed E-state index contributed by atoms with van der Waals surface area (Å²) in [4.78, 5) is 8.13. The van der Waals surface area contributed by atoms with Crippen LogP contribution in [-0.4, -0.2) is 29.8 Å². The van der Waals surface area contributed by atoms with Gasteiger partial charge in [-0.3, -0.25) is 0 Å². The lowest BCUT2D eigenvalue weighted by Crippen LogP contribution is -2.44. The van der Waals surface area contributed by atoms with Crippen LogP contribution in [0.5, 0.6) is 6.01 Å². The average molecular weight is 224 g/mol. The van der Waals surface area contributed by atoms with Gasteiger partial charge in [0, 0.05) is 17.8 Å². The zero-order valence-electron chi connectivity index (χ0n) is 10.5. The Morgan fingerprint density at radius 2 is 1.88 bits per heavy atom. The second kappa shape index (κ2) is 5.80. The van der Waals surface area contributed by atoms with Crippen LogP contribution in [0.2, 0.25) is 0 Å². The van der Waals surface area contributed by atoms with Crippen molar-refractivity contribution in [3.8, 4) is 6.01 Å². The molecular weight excluding hydrogens is 204 g/mol. The predicted molar refractivity (Wildman–Crippen MR) is 62.5 cm³/mol. The molecule has 0 N–H and O–H groups in total. The van der Waals surface area contributed by atoms with Gasteiger partial charge in [-0.2, -0.15) is 0 Å². The van der Waals surface area contributed by atoms with Crippen LogP contribution in [0, 0.1) is 12.3 Å². The summed E-state index contributed by atoms with van der Waals surface area (Å²) in [6, 6.07) is 0.448. The highest BCUT2D eigenvalue weighted by Gasteiger charge is 2.34. The van der Waals surface area contributed by atoms with E-state index in [2.05, 4.69) is 16.9 Å². The number of rotatable bonds is 3. The second-order valence-electron chi connectivity index (χ2n) is 4.14. The van der Waals surface area contributed by atoms with E-state index in [4.69, 9.17) is 9.47 Å². The molecule has 2 rings (SSSR count). The van der Waals surface area contributed by atoms with Gasteiger partial charge in [0.1, 0.15) is 6.61 Å². The second-order valence-corrected chi connectivity index (χ2v) is 4.14. The molecule has 4 nitrogen and oxygen atoms in total. The molecule has 1 aromatic rings. The number of hydrogen-bond acceptors (Lipinski definition) is 4. The third-order valence-electron chi connectivity index (χ3n) is 2.21. The van der Waals surface area contributed by atoms with E-state index in [1.165, 1.54) is 0 Å². The van der Waals surface area contributed by atoms with Gasteiger partial charge < -0.3 is 9.47 Å². The van der Waals surface area contributed by atoms with Crippen molar-refractivity contribution in [3.05, 3.63) is 18.0 Å². The zero-order chi connectivity index (χ0) is 12.0. The van der Waals surface area contributed by atoms with E-state index in [-0.39, 0.29) is 5.41 Å². The Labute approximate surface area is 97.0 Å². The van der Waals surface area contributed by atoms with E-state index in [9.17, 15) is 0 Å². The quantitative estimate of drug-likeness (QED) is 0.789. The molecule has 0 atom stereocenters. The molecule has 0 aromatic carbocycles. The van der Waals surface area contributed by atoms with Gasteiger partial charge in [-0.25, -0.2) is 9.97 Å². The normalized spacial score (nSPS) is 16.8. The third-order valence-corrected chi connectivity index (χ3v) is 2.21. The van der Waals surface area contributed by atoms with Gasteiger partial charge in [-0.15, -0.1) is 0 Å². The van der Waals surface area contributed by atoms with Crippen molar-refractivity contribution in [3.63, 3.8) is 0 Å². The molecule has 1 fully saturated rings. The van der Waals surface area contributed by atoms with Gasteiger partial charge in [0.05, 0.1) is 13.2 Å². The van der Waals surface area contributed by atoms with Crippen LogP contribution in [0.25, 0.3) is 0 Å². The molecule has 0 unspecified atom stereocenters. The molecule has 1 aliphatic rings.